The molecule has 0 bridgehead atoms. The summed E-state index contributed by atoms with van der Waals surface area (Å²) in [5, 5.41) is 40.9. The van der Waals surface area contributed by atoms with Gasteiger partial charge in [0.25, 0.3) is 11.4 Å². The number of hydrogen-bond acceptors (Lipinski definition) is 8. The van der Waals surface area contributed by atoms with Gasteiger partial charge in [0.05, 0.1) is 48.3 Å². The average molecular weight is 632 g/mol. The third-order valence-electron chi connectivity index (χ3n) is 6.82. The molecule has 0 saturated carbocycles. The molecule has 3 aromatic heterocycles. The van der Waals surface area contributed by atoms with Crippen molar-refractivity contribution < 1.29 is 31.7 Å². The smallest absolute Gasteiger partial charge is 0.280 e. The molecule has 14 heteroatoms. The number of rotatable bonds is 3. The molecule has 0 unspecified atom stereocenters. The fraction of sp³-hybridized carbons (Fsp3) is 0.100. The van der Waals surface area contributed by atoms with Gasteiger partial charge in [0.15, 0.2) is 6.29 Å². The fourth-order valence-electron chi connectivity index (χ4n) is 4.92. The molecule has 3 aromatic carbocycles. The monoisotopic (exact) mass is 632 g/mol. The van der Waals surface area contributed by atoms with Crippen molar-refractivity contribution in [1.82, 2.24) is 13.7 Å². The number of nitrogens with two attached hydrogens (primary N) is 1. The van der Waals surface area contributed by atoms with E-state index in [-0.39, 0.29) is 28.4 Å². The minimum atomic E-state index is -0.477. The van der Waals surface area contributed by atoms with E-state index in [0.717, 1.165) is 10.9 Å². The summed E-state index contributed by atoms with van der Waals surface area (Å²) in [6, 6.07) is 19.3. The first-order chi connectivity index (χ1) is 20.5. The molecule has 0 amide bonds. The van der Waals surface area contributed by atoms with E-state index < -0.39 is 9.85 Å². The van der Waals surface area contributed by atoms with Crippen molar-refractivity contribution in [3.8, 4) is 12.1 Å². The van der Waals surface area contributed by atoms with Crippen LogP contribution in [-0.4, -0.2) is 29.8 Å². The molecule has 222 valence electrons. The zero-order chi connectivity index (χ0) is 31.4. The van der Waals surface area contributed by atoms with Crippen LogP contribution in [-0.2, 0) is 38.2 Å². The van der Waals surface area contributed by atoms with Crippen LogP contribution in [0.2, 0.25) is 0 Å². The van der Waals surface area contributed by atoms with Gasteiger partial charge in [-0.2, -0.15) is 10.5 Å². The summed E-state index contributed by atoms with van der Waals surface area (Å²) in [6.45, 7) is 0. The number of aryl methyl sites for hydroxylation is 3. The van der Waals surface area contributed by atoms with Gasteiger partial charge in [0, 0.05) is 85.6 Å². The van der Waals surface area contributed by atoms with Crippen molar-refractivity contribution in [3.05, 3.63) is 110 Å². The number of benzene rings is 3. The Bertz CT molecular complexity index is 2150. The van der Waals surface area contributed by atoms with Crippen LogP contribution in [0, 0.1) is 42.9 Å². The number of aromatic nitrogens is 3. The van der Waals surface area contributed by atoms with Gasteiger partial charge in [-0.05, 0) is 24.3 Å². The van der Waals surface area contributed by atoms with Gasteiger partial charge in [0.2, 0.25) is 0 Å². The molecule has 3 heterocycles. The van der Waals surface area contributed by atoms with Gasteiger partial charge >= 0.3 is 0 Å². The number of fused-ring (bicyclic) bond motifs is 3. The van der Waals surface area contributed by atoms with Crippen LogP contribution in [0.4, 0.5) is 17.1 Å². The van der Waals surface area contributed by atoms with Crippen LogP contribution in [0.15, 0.2) is 73.2 Å². The number of nitriles is 2. The first-order valence-corrected chi connectivity index (χ1v) is 12.6. The largest absolute Gasteiger partial charge is 0.398 e. The molecule has 6 aromatic rings. The quantitative estimate of drug-likeness (QED) is 0.0870. The van der Waals surface area contributed by atoms with Crippen LogP contribution in [0.1, 0.15) is 21.5 Å². The van der Waals surface area contributed by atoms with Crippen molar-refractivity contribution in [1.29, 1.82) is 10.5 Å². The average Bonchev–Trinajstić information content (AvgIpc) is 3.64. The zero-order valence-corrected chi connectivity index (χ0v) is 24.7. The molecule has 13 nitrogen and oxygen atoms in total. The third-order valence-corrected chi connectivity index (χ3v) is 6.82. The fourth-order valence-corrected chi connectivity index (χ4v) is 4.92. The zero-order valence-electron chi connectivity index (χ0n) is 23.6. The molecular formula is C30H24FeN8O5. The number of carbonyl (C=O) groups excluding carboxylic acids is 1. The number of anilines is 1. The first kappa shape index (κ1) is 32.6. The summed E-state index contributed by atoms with van der Waals surface area (Å²) >= 11 is 0. The summed E-state index contributed by atoms with van der Waals surface area (Å²) in [5.41, 5.74) is 10.1. The number of aldehydes is 1. The number of non-ortho nitro benzene ring substituents is 2. The summed E-state index contributed by atoms with van der Waals surface area (Å²) in [6.07, 6.45) is 5.61. The van der Waals surface area contributed by atoms with E-state index in [1.54, 1.807) is 66.1 Å². The van der Waals surface area contributed by atoms with Gasteiger partial charge in [-0.15, -0.1) is 0 Å². The van der Waals surface area contributed by atoms with E-state index in [1.807, 2.05) is 35.9 Å². The van der Waals surface area contributed by atoms with Crippen molar-refractivity contribution >= 4 is 56.1 Å². The van der Waals surface area contributed by atoms with E-state index in [1.165, 1.54) is 12.1 Å². The number of hydrogen-bond donors (Lipinski definition) is 1. The van der Waals surface area contributed by atoms with E-state index >= 15 is 0 Å². The SMILES string of the molecule is Cn1cc(C#N)c2c(N)cccc21.Cn1cc(C#N)c2c([N+](=O)[O-])cccc21.Cn1cc(C=O)c2c([N+](=O)[O-])cccc21.[Fe]. The molecule has 0 atom stereocenters. The second-order valence-electron chi connectivity index (χ2n) is 9.44. The topological polar surface area (TPSA) is 192 Å². The summed E-state index contributed by atoms with van der Waals surface area (Å²) < 4.78 is 5.32. The van der Waals surface area contributed by atoms with E-state index in [9.17, 15) is 25.0 Å². The third kappa shape index (κ3) is 5.98. The Hall–Kier alpha value is -5.95. The summed E-state index contributed by atoms with van der Waals surface area (Å²) in [5.74, 6) is 0. The van der Waals surface area contributed by atoms with E-state index in [4.69, 9.17) is 16.3 Å². The molecule has 0 aliphatic heterocycles. The van der Waals surface area contributed by atoms with Gasteiger partial charge in [-0.1, -0.05) is 18.2 Å². The molecule has 0 fully saturated rings. The molecule has 0 radical (unpaired) electrons. The van der Waals surface area contributed by atoms with Crippen molar-refractivity contribution in [3.63, 3.8) is 0 Å². The second kappa shape index (κ2) is 13.4. The number of nitro groups is 2. The molecule has 0 spiro atoms. The Morgan fingerprint density at radius 1 is 0.705 bits per heavy atom. The van der Waals surface area contributed by atoms with Gasteiger partial charge in [0.1, 0.15) is 12.1 Å². The number of nitrogen functional groups attached to an aromatic ring is 1. The number of nitrogens with zero attached hydrogens (tertiary/aromatic N) is 7. The Morgan fingerprint density at radius 3 is 1.59 bits per heavy atom. The predicted molar refractivity (Wildman–Crippen MR) is 161 cm³/mol. The standard InChI is InChI=1S/C10H7N3O2.C10H9N3.C10H8N2O3.Fe/c1-12-6-7(5-11)10-8(12)3-2-4-9(10)13(14)15;1-13-6-7(5-11)10-8(12)3-2-4-9(10)13;1-11-5-7(6-13)10-8(11)3-2-4-9(10)12(14)15;/h2-4,6H,1H3;2-4,6H,12H2,1H3;2-6H,1H3;. The van der Waals surface area contributed by atoms with Crippen molar-refractivity contribution in [2.24, 2.45) is 21.1 Å². The number of carbonyl (C=O) groups is 1. The molecule has 2 N–H and O–H groups in total. The van der Waals surface area contributed by atoms with Crippen LogP contribution < -0.4 is 5.73 Å². The van der Waals surface area contributed by atoms with Crippen LogP contribution in [0.5, 0.6) is 0 Å². The molecule has 0 saturated heterocycles. The molecule has 44 heavy (non-hydrogen) atoms. The maximum Gasteiger partial charge on any atom is 0.280 e. The Labute approximate surface area is 260 Å². The molecule has 0 aliphatic rings. The molecule has 0 aliphatic carbocycles. The summed E-state index contributed by atoms with van der Waals surface area (Å²) in [7, 11) is 5.41. The minimum Gasteiger partial charge on any atom is -0.398 e. The van der Waals surface area contributed by atoms with E-state index in [0.29, 0.717) is 50.5 Å². The van der Waals surface area contributed by atoms with Crippen LogP contribution >= 0.6 is 0 Å². The van der Waals surface area contributed by atoms with Gasteiger partial charge < -0.3 is 19.4 Å². The van der Waals surface area contributed by atoms with Crippen molar-refractivity contribution in [2.75, 3.05) is 5.73 Å². The van der Waals surface area contributed by atoms with Crippen LogP contribution in [0.3, 0.4) is 0 Å². The van der Waals surface area contributed by atoms with Gasteiger partial charge in [-0.25, -0.2) is 0 Å². The first-order valence-electron chi connectivity index (χ1n) is 12.6. The Morgan fingerprint density at radius 2 is 1.11 bits per heavy atom. The predicted octanol–water partition coefficient (Wildman–Crippen LogP) is 5.49. The number of nitro benzene ring substituents is 2. The normalized spacial score (nSPS) is 10.0. The van der Waals surface area contributed by atoms with E-state index in [2.05, 4.69) is 6.07 Å². The Balaban J connectivity index is 0.000000179. The summed E-state index contributed by atoms with van der Waals surface area (Å²) in [4.78, 5) is 31.4. The maximum absolute atomic E-state index is 10.8. The Kier molecular flexibility index (Phi) is 9.88. The maximum atomic E-state index is 10.8. The second-order valence-corrected chi connectivity index (χ2v) is 9.44. The molecular weight excluding hydrogens is 608 g/mol. The van der Waals surface area contributed by atoms with Crippen LogP contribution in [0.25, 0.3) is 32.7 Å². The van der Waals surface area contributed by atoms with Gasteiger partial charge in [-0.3, -0.25) is 25.0 Å². The van der Waals surface area contributed by atoms with Crippen molar-refractivity contribution in [2.45, 2.75) is 0 Å². The minimum absolute atomic E-state index is 0. The molecule has 6 rings (SSSR count).